The topological polar surface area (TPSA) is 81.1 Å². The van der Waals surface area contributed by atoms with Gasteiger partial charge in [-0.1, -0.05) is 36.0 Å². The number of aromatic nitrogens is 4. The summed E-state index contributed by atoms with van der Waals surface area (Å²) in [5.74, 6) is 0.167. The molecule has 1 aliphatic heterocycles. The average molecular weight is 379 g/mol. The Balaban J connectivity index is 1.98. The highest BCUT2D eigenvalue weighted by molar-refractivity contribution is 7.98. The number of carbonyl (C=O) groups excluding carboxylic acids is 1. The Morgan fingerprint density at radius 2 is 1.93 bits per heavy atom. The Morgan fingerprint density at radius 3 is 2.67 bits per heavy atom. The van der Waals surface area contributed by atoms with Crippen molar-refractivity contribution in [1.82, 2.24) is 20.2 Å². The van der Waals surface area contributed by atoms with Gasteiger partial charge in [0.15, 0.2) is 5.69 Å². The van der Waals surface area contributed by atoms with E-state index < -0.39 is 6.23 Å². The van der Waals surface area contributed by atoms with Crippen molar-refractivity contribution >= 4 is 23.4 Å². The van der Waals surface area contributed by atoms with Crippen LogP contribution in [0.15, 0.2) is 47.6 Å². The van der Waals surface area contributed by atoms with Gasteiger partial charge < -0.3 is 4.74 Å². The second-order valence-electron chi connectivity index (χ2n) is 6.03. The van der Waals surface area contributed by atoms with Gasteiger partial charge in [-0.05, 0) is 31.4 Å². The minimum atomic E-state index is -0.754. The maximum absolute atomic E-state index is 12.6. The lowest BCUT2D eigenvalue weighted by molar-refractivity contribution is -0.118. The third kappa shape index (κ3) is 3.12. The summed E-state index contributed by atoms with van der Waals surface area (Å²) in [6, 6.07) is 13.1. The summed E-state index contributed by atoms with van der Waals surface area (Å²) in [6.45, 7) is 3.40. The zero-order chi connectivity index (χ0) is 19.0. The van der Waals surface area contributed by atoms with E-state index in [0.29, 0.717) is 28.1 Å². The molecule has 0 fully saturated rings. The number of fused-ring (bicyclic) bond motifs is 3. The van der Waals surface area contributed by atoms with Crippen LogP contribution < -0.4 is 9.64 Å². The van der Waals surface area contributed by atoms with Crippen molar-refractivity contribution in [2.45, 2.75) is 25.2 Å². The molecule has 3 heterocycles. The van der Waals surface area contributed by atoms with Crippen molar-refractivity contribution in [3.8, 4) is 17.1 Å². The fourth-order valence-corrected chi connectivity index (χ4v) is 3.33. The second-order valence-corrected chi connectivity index (χ2v) is 6.81. The largest absolute Gasteiger partial charge is 0.445 e. The van der Waals surface area contributed by atoms with E-state index in [1.165, 1.54) is 18.7 Å². The zero-order valence-electron chi connectivity index (χ0n) is 15.1. The molecule has 2 aromatic heterocycles. The van der Waals surface area contributed by atoms with Gasteiger partial charge in [-0.15, -0.1) is 10.2 Å². The number of aryl methyl sites for hydroxylation is 1. The molecule has 1 atom stereocenters. The fourth-order valence-electron chi connectivity index (χ4n) is 3.03. The molecular formula is C19H17N5O2S. The number of para-hydroxylation sites is 1. The number of thioether (sulfide) groups is 1. The highest BCUT2D eigenvalue weighted by atomic mass is 32.2. The predicted octanol–water partition coefficient (Wildman–Crippen LogP) is 3.41. The molecule has 7 nitrogen and oxygen atoms in total. The standard InChI is InChI=1S/C19H17N5O2S/c1-11-7-6-9-14(20-11)18-24(12(2)25)15-10-5-4-8-13(15)16-17(26-18)21-19(27-3)23-22-16/h4-10,18H,1-3H3/t18-/m0/s1. The highest BCUT2D eigenvalue weighted by Crippen LogP contribution is 2.42. The summed E-state index contributed by atoms with van der Waals surface area (Å²) in [4.78, 5) is 23.3. The SMILES string of the molecule is CSc1nnc2c(n1)O[C@@H](c1cccc(C)n1)N(C(C)=O)c1ccccc1-2. The minimum Gasteiger partial charge on any atom is -0.445 e. The van der Waals surface area contributed by atoms with Crippen LogP contribution in [0.2, 0.25) is 0 Å². The summed E-state index contributed by atoms with van der Waals surface area (Å²) >= 11 is 1.38. The molecule has 27 heavy (non-hydrogen) atoms. The minimum absolute atomic E-state index is 0.165. The molecule has 0 saturated heterocycles. The molecule has 3 aromatic rings. The molecule has 0 aliphatic carbocycles. The van der Waals surface area contributed by atoms with E-state index in [-0.39, 0.29) is 5.91 Å². The zero-order valence-corrected chi connectivity index (χ0v) is 15.9. The monoisotopic (exact) mass is 379 g/mol. The van der Waals surface area contributed by atoms with E-state index in [1.807, 2.05) is 55.6 Å². The molecule has 1 amide bonds. The molecule has 0 bridgehead atoms. The van der Waals surface area contributed by atoms with Gasteiger partial charge in [0.2, 0.25) is 23.2 Å². The van der Waals surface area contributed by atoms with Crippen LogP contribution in [0.1, 0.15) is 24.5 Å². The van der Waals surface area contributed by atoms with Crippen LogP contribution in [0.5, 0.6) is 5.88 Å². The van der Waals surface area contributed by atoms with E-state index in [2.05, 4.69) is 20.2 Å². The second kappa shape index (κ2) is 6.96. The van der Waals surface area contributed by atoms with Gasteiger partial charge in [-0.25, -0.2) is 0 Å². The van der Waals surface area contributed by atoms with Gasteiger partial charge in [0.05, 0.1) is 5.69 Å². The molecule has 0 saturated carbocycles. The first-order chi connectivity index (χ1) is 13.1. The van der Waals surface area contributed by atoms with Crippen molar-refractivity contribution in [2.75, 3.05) is 11.2 Å². The van der Waals surface area contributed by atoms with Crippen LogP contribution in [0, 0.1) is 6.92 Å². The summed E-state index contributed by atoms with van der Waals surface area (Å²) in [5, 5.41) is 8.95. The number of hydrogen-bond donors (Lipinski definition) is 0. The number of ether oxygens (including phenoxy) is 1. The molecule has 0 unspecified atom stereocenters. The Kier molecular flexibility index (Phi) is 4.49. The first-order valence-corrected chi connectivity index (χ1v) is 9.59. The normalized spacial score (nSPS) is 15.4. The van der Waals surface area contributed by atoms with Crippen LogP contribution in [0.25, 0.3) is 11.3 Å². The van der Waals surface area contributed by atoms with Crippen LogP contribution in [-0.4, -0.2) is 32.3 Å². The molecule has 1 aromatic carbocycles. The molecule has 4 rings (SSSR count). The summed E-state index contributed by atoms with van der Waals surface area (Å²) in [7, 11) is 0. The van der Waals surface area contributed by atoms with Gasteiger partial charge in [-0.3, -0.25) is 14.7 Å². The first-order valence-electron chi connectivity index (χ1n) is 8.36. The fraction of sp³-hybridized carbons (Fsp3) is 0.211. The van der Waals surface area contributed by atoms with Gasteiger partial charge in [0, 0.05) is 18.2 Å². The number of anilines is 1. The molecule has 136 valence electrons. The van der Waals surface area contributed by atoms with Crippen LogP contribution in [-0.2, 0) is 4.79 Å². The van der Waals surface area contributed by atoms with Gasteiger partial charge >= 0.3 is 0 Å². The lowest BCUT2D eigenvalue weighted by Crippen LogP contribution is -2.36. The lowest BCUT2D eigenvalue weighted by Gasteiger charge is -2.29. The summed E-state index contributed by atoms with van der Waals surface area (Å²) < 4.78 is 6.21. The Labute approximate surface area is 160 Å². The summed E-state index contributed by atoms with van der Waals surface area (Å²) in [5.41, 5.74) is 3.39. The summed E-state index contributed by atoms with van der Waals surface area (Å²) in [6.07, 6.45) is 1.12. The maximum Gasteiger partial charge on any atom is 0.247 e. The van der Waals surface area contributed by atoms with Gasteiger partial charge in [0.1, 0.15) is 5.69 Å². The van der Waals surface area contributed by atoms with Crippen molar-refractivity contribution in [3.05, 3.63) is 53.9 Å². The number of amides is 1. The number of carbonyl (C=O) groups is 1. The molecular weight excluding hydrogens is 362 g/mol. The van der Waals surface area contributed by atoms with Gasteiger partial charge in [-0.2, -0.15) is 4.98 Å². The quantitative estimate of drug-likeness (QED) is 0.631. The molecule has 0 radical (unpaired) electrons. The van der Waals surface area contributed by atoms with Crippen molar-refractivity contribution in [2.24, 2.45) is 0 Å². The van der Waals surface area contributed by atoms with E-state index in [9.17, 15) is 4.79 Å². The predicted molar refractivity (Wildman–Crippen MR) is 103 cm³/mol. The van der Waals surface area contributed by atoms with Crippen LogP contribution in [0.4, 0.5) is 5.69 Å². The van der Waals surface area contributed by atoms with E-state index in [4.69, 9.17) is 4.74 Å². The van der Waals surface area contributed by atoms with E-state index >= 15 is 0 Å². The number of pyridine rings is 1. The Hall–Kier alpha value is -3.00. The molecule has 1 aliphatic rings. The maximum atomic E-state index is 12.6. The third-order valence-corrected chi connectivity index (χ3v) is 4.73. The molecule has 0 N–H and O–H groups in total. The average Bonchev–Trinajstić information content (AvgIpc) is 2.82. The molecule has 0 spiro atoms. The number of hydrogen-bond acceptors (Lipinski definition) is 7. The third-order valence-electron chi connectivity index (χ3n) is 4.20. The van der Waals surface area contributed by atoms with Crippen LogP contribution in [0.3, 0.4) is 0 Å². The van der Waals surface area contributed by atoms with Crippen LogP contribution >= 0.6 is 11.8 Å². The highest BCUT2D eigenvalue weighted by Gasteiger charge is 2.35. The molecule has 8 heteroatoms. The number of rotatable bonds is 2. The Morgan fingerprint density at radius 1 is 1.11 bits per heavy atom. The first kappa shape index (κ1) is 17.4. The van der Waals surface area contributed by atoms with E-state index in [0.717, 1.165) is 11.3 Å². The van der Waals surface area contributed by atoms with E-state index in [1.54, 1.807) is 4.90 Å². The Bertz CT molecular complexity index is 1030. The number of benzene rings is 1. The van der Waals surface area contributed by atoms with Crippen molar-refractivity contribution < 1.29 is 9.53 Å². The number of nitrogens with zero attached hydrogens (tertiary/aromatic N) is 5. The van der Waals surface area contributed by atoms with Crippen molar-refractivity contribution in [3.63, 3.8) is 0 Å². The lowest BCUT2D eigenvalue weighted by atomic mass is 10.1. The smallest absolute Gasteiger partial charge is 0.247 e. The van der Waals surface area contributed by atoms with Gasteiger partial charge in [0.25, 0.3) is 0 Å². The van der Waals surface area contributed by atoms with Crippen molar-refractivity contribution in [1.29, 1.82) is 0 Å².